The van der Waals surface area contributed by atoms with Gasteiger partial charge >= 0.3 is 0 Å². The van der Waals surface area contributed by atoms with Crippen LogP contribution in [-0.4, -0.2) is 16.1 Å². The summed E-state index contributed by atoms with van der Waals surface area (Å²) < 4.78 is 0. The number of hydrogen-bond acceptors (Lipinski definition) is 2. The molecule has 0 fully saturated rings. The third-order valence-corrected chi connectivity index (χ3v) is 3.38. The largest absolute Gasteiger partial charge is 0.345 e. The van der Waals surface area contributed by atoms with Gasteiger partial charge < -0.3 is 5.32 Å². The van der Waals surface area contributed by atoms with Gasteiger partial charge in [-0.1, -0.05) is 28.1 Å². The normalized spacial score (nSPS) is 12.1. The van der Waals surface area contributed by atoms with Gasteiger partial charge in [-0.05, 0) is 24.6 Å². The van der Waals surface area contributed by atoms with Crippen molar-refractivity contribution in [2.24, 2.45) is 0 Å². The summed E-state index contributed by atoms with van der Waals surface area (Å²) in [5, 5.41) is 10.3. The van der Waals surface area contributed by atoms with Crippen molar-refractivity contribution < 1.29 is 4.79 Å². The van der Waals surface area contributed by atoms with E-state index in [0.717, 1.165) is 16.5 Å². The van der Waals surface area contributed by atoms with Crippen molar-refractivity contribution in [3.8, 4) is 0 Å². The maximum absolute atomic E-state index is 12.0. The number of nitrogens with one attached hydrogen (secondary N) is 2. The number of carbonyl (C=O) groups is 1. The molecule has 0 aliphatic heterocycles. The quantitative estimate of drug-likeness (QED) is 0.853. The third kappa shape index (κ3) is 2.98. The highest BCUT2D eigenvalue weighted by atomic mass is 79.9. The van der Waals surface area contributed by atoms with Crippen molar-refractivity contribution in [2.45, 2.75) is 18.3 Å². The SMILES string of the molecule is CC(NC(=O)c1ccc(CBr)cc1)c1cn[nH]c1. The van der Waals surface area contributed by atoms with Crippen LogP contribution in [0.3, 0.4) is 0 Å². The Kier molecular flexibility index (Phi) is 4.15. The lowest BCUT2D eigenvalue weighted by Crippen LogP contribution is -2.26. The van der Waals surface area contributed by atoms with Gasteiger partial charge in [-0.2, -0.15) is 5.10 Å². The molecule has 1 unspecified atom stereocenters. The van der Waals surface area contributed by atoms with Gasteiger partial charge in [-0.15, -0.1) is 0 Å². The molecule has 1 aromatic heterocycles. The highest BCUT2D eigenvalue weighted by Gasteiger charge is 2.11. The first-order valence-corrected chi connectivity index (χ1v) is 6.77. The predicted molar refractivity (Wildman–Crippen MR) is 73.5 cm³/mol. The smallest absolute Gasteiger partial charge is 0.251 e. The Labute approximate surface area is 114 Å². The van der Waals surface area contributed by atoms with Crippen LogP contribution in [0.15, 0.2) is 36.7 Å². The molecule has 0 saturated heterocycles. The Morgan fingerprint density at radius 1 is 1.44 bits per heavy atom. The molecular formula is C13H14BrN3O. The Morgan fingerprint density at radius 3 is 2.72 bits per heavy atom. The number of aromatic nitrogens is 2. The van der Waals surface area contributed by atoms with Gasteiger partial charge in [-0.25, -0.2) is 0 Å². The lowest BCUT2D eigenvalue weighted by molar-refractivity contribution is 0.0940. The fourth-order valence-electron chi connectivity index (χ4n) is 1.61. The summed E-state index contributed by atoms with van der Waals surface area (Å²) in [4.78, 5) is 12.0. The molecule has 1 amide bonds. The van der Waals surface area contributed by atoms with Gasteiger partial charge in [0.1, 0.15) is 0 Å². The monoisotopic (exact) mass is 307 g/mol. The number of aromatic amines is 1. The maximum Gasteiger partial charge on any atom is 0.251 e. The molecule has 0 aliphatic rings. The van der Waals surface area contributed by atoms with Crippen molar-refractivity contribution in [2.75, 3.05) is 0 Å². The van der Waals surface area contributed by atoms with Crippen molar-refractivity contribution in [3.63, 3.8) is 0 Å². The first kappa shape index (κ1) is 12.8. The average molecular weight is 308 g/mol. The van der Waals surface area contributed by atoms with E-state index in [4.69, 9.17) is 0 Å². The summed E-state index contributed by atoms with van der Waals surface area (Å²) in [6.07, 6.45) is 3.48. The average Bonchev–Trinajstić information content (AvgIpc) is 2.92. The number of amides is 1. The van der Waals surface area contributed by atoms with E-state index in [1.54, 1.807) is 12.4 Å². The first-order chi connectivity index (χ1) is 8.70. The lowest BCUT2D eigenvalue weighted by atomic mass is 10.1. The number of benzene rings is 1. The van der Waals surface area contributed by atoms with Crippen molar-refractivity contribution in [1.29, 1.82) is 0 Å². The Bertz CT molecular complexity index is 508. The second kappa shape index (κ2) is 5.82. The summed E-state index contributed by atoms with van der Waals surface area (Å²) >= 11 is 3.37. The zero-order valence-corrected chi connectivity index (χ0v) is 11.6. The molecule has 18 heavy (non-hydrogen) atoms. The van der Waals surface area contributed by atoms with E-state index in [-0.39, 0.29) is 11.9 Å². The predicted octanol–water partition coefficient (Wildman–Crippen LogP) is 2.80. The molecule has 5 heteroatoms. The summed E-state index contributed by atoms with van der Waals surface area (Å²) in [7, 11) is 0. The first-order valence-electron chi connectivity index (χ1n) is 5.65. The number of carbonyl (C=O) groups excluding carboxylic acids is 1. The number of halogens is 1. The van der Waals surface area contributed by atoms with Gasteiger partial charge in [0.15, 0.2) is 0 Å². The molecule has 1 atom stereocenters. The minimum atomic E-state index is -0.0789. The van der Waals surface area contributed by atoms with Gasteiger partial charge in [0, 0.05) is 22.7 Å². The molecular weight excluding hydrogens is 294 g/mol. The molecule has 1 aromatic carbocycles. The number of H-pyrrole nitrogens is 1. The van der Waals surface area contributed by atoms with Crippen LogP contribution in [0.1, 0.15) is 34.5 Å². The lowest BCUT2D eigenvalue weighted by Gasteiger charge is -2.12. The molecule has 0 radical (unpaired) electrons. The molecule has 2 aromatic rings. The molecule has 0 saturated carbocycles. The van der Waals surface area contributed by atoms with E-state index in [1.807, 2.05) is 31.2 Å². The van der Waals surface area contributed by atoms with Crippen molar-refractivity contribution >= 4 is 21.8 Å². The van der Waals surface area contributed by atoms with Gasteiger partial charge in [0.05, 0.1) is 12.2 Å². The zero-order valence-electron chi connectivity index (χ0n) is 9.98. The van der Waals surface area contributed by atoms with Crippen LogP contribution in [-0.2, 0) is 5.33 Å². The number of rotatable bonds is 4. The van der Waals surface area contributed by atoms with E-state index in [0.29, 0.717) is 5.56 Å². The molecule has 0 aliphatic carbocycles. The van der Waals surface area contributed by atoms with E-state index in [2.05, 4.69) is 31.4 Å². The van der Waals surface area contributed by atoms with Crippen LogP contribution in [0.5, 0.6) is 0 Å². The molecule has 0 bridgehead atoms. The van der Waals surface area contributed by atoms with Crippen LogP contribution in [0, 0.1) is 0 Å². The minimum Gasteiger partial charge on any atom is -0.345 e. The molecule has 94 valence electrons. The van der Waals surface area contributed by atoms with Crippen LogP contribution < -0.4 is 5.32 Å². The van der Waals surface area contributed by atoms with E-state index >= 15 is 0 Å². The maximum atomic E-state index is 12.0. The number of nitrogens with zero attached hydrogens (tertiary/aromatic N) is 1. The second-order valence-electron chi connectivity index (χ2n) is 4.06. The van der Waals surface area contributed by atoms with Crippen LogP contribution in [0.2, 0.25) is 0 Å². The Hall–Kier alpha value is -1.62. The number of alkyl halides is 1. The molecule has 1 heterocycles. The second-order valence-corrected chi connectivity index (χ2v) is 4.62. The van der Waals surface area contributed by atoms with E-state index < -0.39 is 0 Å². The molecule has 2 N–H and O–H groups in total. The zero-order chi connectivity index (χ0) is 13.0. The highest BCUT2D eigenvalue weighted by Crippen LogP contribution is 2.12. The Balaban J connectivity index is 2.03. The summed E-state index contributed by atoms with van der Waals surface area (Å²) in [6.45, 7) is 1.93. The van der Waals surface area contributed by atoms with Gasteiger partial charge in [0.25, 0.3) is 5.91 Å². The number of hydrogen-bond donors (Lipinski definition) is 2. The highest BCUT2D eigenvalue weighted by molar-refractivity contribution is 9.08. The van der Waals surface area contributed by atoms with E-state index in [9.17, 15) is 4.79 Å². The topological polar surface area (TPSA) is 57.8 Å². The van der Waals surface area contributed by atoms with Crippen LogP contribution in [0.4, 0.5) is 0 Å². The summed E-state index contributed by atoms with van der Waals surface area (Å²) in [6, 6.07) is 7.47. The van der Waals surface area contributed by atoms with Crippen molar-refractivity contribution in [1.82, 2.24) is 15.5 Å². The summed E-state index contributed by atoms with van der Waals surface area (Å²) in [5.74, 6) is -0.0789. The fraction of sp³-hybridized carbons (Fsp3) is 0.231. The van der Waals surface area contributed by atoms with E-state index in [1.165, 1.54) is 0 Å². The van der Waals surface area contributed by atoms with Crippen molar-refractivity contribution in [3.05, 3.63) is 53.3 Å². The standard InChI is InChI=1S/C13H14BrN3O/c1-9(12-7-15-16-8-12)17-13(18)11-4-2-10(6-14)3-5-11/h2-5,7-9H,6H2,1H3,(H,15,16)(H,17,18). The Morgan fingerprint density at radius 2 is 2.17 bits per heavy atom. The van der Waals surface area contributed by atoms with Gasteiger partial charge in [-0.3, -0.25) is 9.89 Å². The molecule has 2 rings (SSSR count). The van der Waals surface area contributed by atoms with Crippen LogP contribution >= 0.6 is 15.9 Å². The summed E-state index contributed by atoms with van der Waals surface area (Å²) in [5.41, 5.74) is 2.77. The fourth-order valence-corrected chi connectivity index (χ4v) is 1.98. The molecule has 0 spiro atoms. The minimum absolute atomic E-state index is 0.0629. The van der Waals surface area contributed by atoms with Crippen LogP contribution in [0.25, 0.3) is 0 Å². The van der Waals surface area contributed by atoms with Gasteiger partial charge in [0.2, 0.25) is 0 Å². The molecule has 4 nitrogen and oxygen atoms in total. The third-order valence-electron chi connectivity index (χ3n) is 2.74.